The van der Waals surface area contributed by atoms with Crippen molar-refractivity contribution in [2.45, 2.75) is 58.3 Å². The molecular formula is C19H32N2O3S. The van der Waals surface area contributed by atoms with E-state index in [1.807, 2.05) is 4.90 Å². The van der Waals surface area contributed by atoms with Crippen molar-refractivity contribution >= 4 is 15.9 Å². The summed E-state index contributed by atoms with van der Waals surface area (Å²) in [4.78, 5) is 14.2. The number of carbonyl (C=O) groups excluding carboxylic acids is 1. The van der Waals surface area contributed by atoms with Crippen molar-refractivity contribution < 1.29 is 13.2 Å². The highest BCUT2D eigenvalue weighted by Gasteiger charge is 2.31. The lowest BCUT2D eigenvalue weighted by Crippen LogP contribution is -2.42. The number of carbonyl (C=O) groups is 1. The molecule has 3 aliphatic rings. The number of fused-ring (bicyclic) bond motifs is 1. The molecule has 1 aliphatic carbocycles. The molecule has 6 heteroatoms. The summed E-state index contributed by atoms with van der Waals surface area (Å²) in [5.74, 6) is 1.52. The van der Waals surface area contributed by atoms with E-state index in [0.29, 0.717) is 37.8 Å². The zero-order valence-corrected chi connectivity index (χ0v) is 16.3. The average Bonchev–Trinajstić information content (AvgIpc) is 2.61. The van der Waals surface area contributed by atoms with Gasteiger partial charge < -0.3 is 4.90 Å². The quantitative estimate of drug-likeness (QED) is 0.701. The number of hydrogen-bond donors (Lipinski definition) is 0. The highest BCUT2D eigenvalue weighted by molar-refractivity contribution is 7.89. The molecule has 0 aromatic rings. The second-order valence-electron chi connectivity index (χ2n) is 8.01. The predicted molar refractivity (Wildman–Crippen MR) is 99.6 cm³/mol. The van der Waals surface area contributed by atoms with Crippen molar-refractivity contribution in [1.29, 1.82) is 0 Å². The molecule has 1 atom stereocenters. The maximum absolute atomic E-state index is 12.6. The van der Waals surface area contributed by atoms with Gasteiger partial charge in [-0.05, 0) is 56.8 Å². The summed E-state index contributed by atoms with van der Waals surface area (Å²) in [7, 11) is -3.25. The minimum atomic E-state index is -3.25. The molecule has 0 saturated carbocycles. The van der Waals surface area contributed by atoms with Crippen molar-refractivity contribution in [1.82, 2.24) is 9.21 Å². The molecule has 0 radical (unpaired) electrons. The highest BCUT2D eigenvalue weighted by Crippen LogP contribution is 2.33. The first-order valence-electron chi connectivity index (χ1n) is 9.90. The molecule has 0 spiro atoms. The first-order valence-corrected chi connectivity index (χ1v) is 11.5. The lowest BCUT2D eigenvalue weighted by atomic mass is 9.83. The van der Waals surface area contributed by atoms with Crippen LogP contribution in [0, 0.1) is 11.8 Å². The third-order valence-corrected chi connectivity index (χ3v) is 8.00. The van der Waals surface area contributed by atoms with Crippen LogP contribution < -0.4 is 0 Å². The van der Waals surface area contributed by atoms with Gasteiger partial charge in [-0.1, -0.05) is 18.6 Å². The van der Waals surface area contributed by atoms with Crippen LogP contribution in [0.2, 0.25) is 0 Å². The Morgan fingerprint density at radius 3 is 2.68 bits per heavy atom. The SMILES string of the molecule is CC1CCN(C(=O)CCCS(=O)(=O)N2CCC3CCCC=C3C2)CC1. The Balaban J connectivity index is 1.45. The Bertz CT molecular complexity index is 606. The van der Waals surface area contributed by atoms with E-state index in [4.69, 9.17) is 0 Å². The Morgan fingerprint density at radius 1 is 1.16 bits per heavy atom. The largest absolute Gasteiger partial charge is 0.343 e. The predicted octanol–water partition coefficient (Wildman–Crippen LogP) is 2.79. The first kappa shape index (κ1) is 18.9. The molecule has 0 N–H and O–H groups in total. The Kier molecular flexibility index (Phi) is 6.21. The van der Waals surface area contributed by atoms with E-state index >= 15 is 0 Å². The summed E-state index contributed by atoms with van der Waals surface area (Å²) < 4.78 is 26.9. The number of likely N-dealkylation sites (tertiary alicyclic amines) is 1. The molecule has 25 heavy (non-hydrogen) atoms. The van der Waals surface area contributed by atoms with Gasteiger partial charge in [0.25, 0.3) is 0 Å². The number of hydrogen-bond acceptors (Lipinski definition) is 3. The molecule has 142 valence electrons. The van der Waals surface area contributed by atoms with Crippen LogP contribution in [0.1, 0.15) is 58.3 Å². The van der Waals surface area contributed by atoms with Gasteiger partial charge in [-0.3, -0.25) is 4.79 Å². The summed E-state index contributed by atoms with van der Waals surface area (Å²) in [5.41, 5.74) is 1.32. The number of amides is 1. The zero-order chi connectivity index (χ0) is 17.9. The topological polar surface area (TPSA) is 57.7 Å². The average molecular weight is 369 g/mol. The van der Waals surface area contributed by atoms with Crippen molar-refractivity contribution in [3.05, 3.63) is 11.6 Å². The van der Waals surface area contributed by atoms with Crippen LogP contribution in [0.3, 0.4) is 0 Å². The molecule has 0 bridgehead atoms. The second kappa shape index (κ2) is 8.21. The number of nitrogens with zero attached hydrogens (tertiary/aromatic N) is 2. The lowest BCUT2D eigenvalue weighted by Gasteiger charge is -2.35. The number of sulfonamides is 1. The van der Waals surface area contributed by atoms with Gasteiger partial charge in [0.05, 0.1) is 5.75 Å². The van der Waals surface area contributed by atoms with Crippen LogP contribution in [-0.2, 0) is 14.8 Å². The van der Waals surface area contributed by atoms with Gasteiger partial charge in [0.1, 0.15) is 0 Å². The van der Waals surface area contributed by atoms with E-state index in [0.717, 1.165) is 38.8 Å². The Morgan fingerprint density at radius 2 is 1.92 bits per heavy atom. The molecule has 1 unspecified atom stereocenters. The van der Waals surface area contributed by atoms with E-state index in [-0.39, 0.29) is 11.7 Å². The van der Waals surface area contributed by atoms with Gasteiger partial charge in [0.15, 0.2) is 0 Å². The maximum atomic E-state index is 12.6. The molecule has 5 nitrogen and oxygen atoms in total. The van der Waals surface area contributed by atoms with Gasteiger partial charge in [-0.25, -0.2) is 8.42 Å². The third kappa shape index (κ3) is 4.85. The van der Waals surface area contributed by atoms with E-state index in [1.54, 1.807) is 4.31 Å². The molecule has 0 aromatic heterocycles. The number of rotatable bonds is 5. The van der Waals surface area contributed by atoms with Gasteiger partial charge in [-0.2, -0.15) is 4.31 Å². The van der Waals surface area contributed by atoms with Crippen molar-refractivity contribution in [3.63, 3.8) is 0 Å². The summed E-state index contributed by atoms with van der Waals surface area (Å²) in [6, 6.07) is 0. The Hall–Kier alpha value is -0.880. The maximum Gasteiger partial charge on any atom is 0.222 e. The Labute approximate surface area is 152 Å². The van der Waals surface area contributed by atoms with Crippen molar-refractivity contribution in [3.8, 4) is 0 Å². The van der Waals surface area contributed by atoms with E-state index in [1.165, 1.54) is 18.4 Å². The van der Waals surface area contributed by atoms with Gasteiger partial charge >= 0.3 is 0 Å². The summed E-state index contributed by atoms with van der Waals surface area (Å²) in [6.45, 7) is 5.09. The zero-order valence-electron chi connectivity index (χ0n) is 15.5. The molecule has 1 amide bonds. The minimum Gasteiger partial charge on any atom is -0.343 e. The number of piperidine rings is 2. The molecule has 2 fully saturated rings. The normalized spacial score (nSPS) is 26.2. The van der Waals surface area contributed by atoms with E-state index in [9.17, 15) is 13.2 Å². The molecule has 3 rings (SSSR count). The molecular weight excluding hydrogens is 336 g/mol. The van der Waals surface area contributed by atoms with Crippen LogP contribution in [-0.4, -0.2) is 55.5 Å². The minimum absolute atomic E-state index is 0.0981. The summed E-state index contributed by atoms with van der Waals surface area (Å²) >= 11 is 0. The fourth-order valence-electron chi connectivity index (χ4n) is 4.30. The van der Waals surface area contributed by atoms with Crippen molar-refractivity contribution in [2.24, 2.45) is 11.8 Å². The van der Waals surface area contributed by atoms with Crippen LogP contribution in [0.15, 0.2) is 11.6 Å². The standard InChI is InChI=1S/C19H32N2O3S/c1-16-8-11-20(12-9-16)19(22)7-4-14-25(23,24)21-13-10-17-5-2-3-6-18(17)15-21/h6,16-17H,2-5,7-15H2,1H3. The van der Waals surface area contributed by atoms with Gasteiger partial charge in [0.2, 0.25) is 15.9 Å². The van der Waals surface area contributed by atoms with Gasteiger partial charge in [-0.15, -0.1) is 0 Å². The summed E-state index contributed by atoms with van der Waals surface area (Å²) in [5, 5.41) is 0. The molecule has 2 heterocycles. The van der Waals surface area contributed by atoms with Crippen LogP contribution in [0.4, 0.5) is 0 Å². The fourth-order valence-corrected chi connectivity index (χ4v) is 5.79. The van der Waals surface area contributed by atoms with Crippen LogP contribution in [0.5, 0.6) is 0 Å². The third-order valence-electron chi connectivity index (χ3n) is 6.10. The smallest absolute Gasteiger partial charge is 0.222 e. The van der Waals surface area contributed by atoms with Crippen LogP contribution >= 0.6 is 0 Å². The second-order valence-corrected chi connectivity index (χ2v) is 10.1. The molecule has 2 aliphatic heterocycles. The van der Waals surface area contributed by atoms with Crippen LogP contribution in [0.25, 0.3) is 0 Å². The summed E-state index contributed by atoms with van der Waals surface area (Å²) in [6.07, 6.45) is 9.65. The molecule has 2 saturated heterocycles. The monoisotopic (exact) mass is 368 g/mol. The number of allylic oxidation sites excluding steroid dienone is 1. The molecule has 0 aromatic carbocycles. The fraction of sp³-hybridized carbons (Fsp3) is 0.842. The van der Waals surface area contributed by atoms with Gasteiger partial charge in [0, 0.05) is 32.6 Å². The van der Waals surface area contributed by atoms with E-state index < -0.39 is 10.0 Å². The first-order chi connectivity index (χ1) is 12.0. The highest BCUT2D eigenvalue weighted by atomic mass is 32.2. The lowest BCUT2D eigenvalue weighted by molar-refractivity contribution is -0.132. The van der Waals surface area contributed by atoms with E-state index in [2.05, 4.69) is 13.0 Å². The van der Waals surface area contributed by atoms with Crippen molar-refractivity contribution in [2.75, 3.05) is 31.9 Å².